The van der Waals surface area contributed by atoms with Gasteiger partial charge in [0.1, 0.15) is 11.5 Å². The van der Waals surface area contributed by atoms with Crippen LogP contribution in [0, 0.1) is 0 Å². The first kappa shape index (κ1) is 17.3. The summed E-state index contributed by atoms with van der Waals surface area (Å²) in [6.07, 6.45) is 0. The molecule has 0 radical (unpaired) electrons. The predicted molar refractivity (Wildman–Crippen MR) is 93.2 cm³/mol. The number of benzene rings is 1. The van der Waals surface area contributed by atoms with E-state index in [1.54, 1.807) is 35.6 Å². The van der Waals surface area contributed by atoms with Gasteiger partial charge in [0, 0.05) is 17.0 Å². The molecule has 0 bridgehead atoms. The summed E-state index contributed by atoms with van der Waals surface area (Å²) >= 11 is 1.72. The molecule has 4 nitrogen and oxygen atoms in total. The molecule has 0 fully saturated rings. The van der Waals surface area contributed by atoms with Gasteiger partial charge in [0.05, 0.1) is 12.1 Å². The summed E-state index contributed by atoms with van der Waals surface area (Å²) in [4.78, 5) is 12.1. The molecule has 3 aromatic rings. The quantitative estimate of drug-likeness (QED) is 0.691. The third kappa shape index (κ3) is 4.45. The molecule has 0 aliphatic rings. The molecule has 1 aromatic carbocycles. The van der Waals surface area contributed by atoms with Gasteiger partial charge >= 0.3 is 5.97 Å². The number of nitrogens with one attached hydrogen (secondary N) is 1. The van der Waals surface area contributed by atoms with Gasteiger partial charge in [-0.05, 0) is 35.7 Å². The van der Waals surface area contributed by atoms with Crippen molar-refractivity contribution >= 4 is 29.7 Å². The van der Waals surface area contributed by atoms with Crippen LogP contribution >= 0.6 is 23.7 Å². The van der Waals surface area contributed by atoms with Crippen molar-refractivity contribution in [1.82, 2.24) is 5.32 Å². The van der Waals surface area contributed by atoms with E-state index in [2.05, 4.69) is 16.8 Å². The molecule has 0 saturated heterocycles. The lowest BCUT2D eigenvalue weighted by molar-refractivity contribution is 0.0697. The monoisotopic (exact) mass is 349 g/mol. The van der Waals surface area contributed by atoms with Crippen molar-refractivity contribution in [3.05, 3.63) is 70.1 Å². The molecule has 2 N–H and O–H groups in total. The maximum atomic E-state index is 10.8. The second-order valence-corrected chi connectivity index (χ2v) is 5.86. The molecular weight excluding hydrogens is 334 g/mol. The van der Waals surface area contributed by atoms with Crippen molar-refractivity contribution < 1.29 is 14.3 Å². The fourth-order valence-electron chi connectivity index (χ4n) is 2.13. The van der Waals surface area contributed by atoms with Crippen molar-refractivity contribution in [2.75, 3.05) is 0 Å². The van der Waals surface area contributed by atoms with E-state index in [9.17, 15) is 4.79 Å². The molecule has 2 heterocycles. The highest BCUT2D eigenvalue weighted by atomic mass is 35.5. The molecule has 0 atom stereocenters. The Morgan fingerprint density at radius 3 is 2.52 bits per heavy atom. The second-order valence-electron chi connectivity index (χ2n) is 4.83. The number of thiophene rings is 1. The van der Waals surface area contributed by atoms with Crippen molar-refractivity contribution in [3.8, 4) is 11.3 Å². The van der Waals surface area contributed by atoms with Gasteiger partial charge in [0.15, 0.2) is 0 Å². The van der Waals surface area contributed by atoms with E-state index >= 15 is 0 Å². The van der Waals surface area contributed by atoms with Gasteiger partial charge < -0.3 is 14.8 Å². The summed E-state index contributed by atoms with van der Waals surface area (Å²) in [7, 11) is 0. The lowest BCUT2D eigenvalue weighted by Crippen LogP contribution is -2.10. The Balaban J connectivity index is 0.00000192. The van der Waals surface area contributed by atoms with Gasteiger partial charge in [-0.3, -0.25) is 0 Å². The molecule has 0 aliphatic carbocycles. The Labute approximate surface area is 144 Å². The number of carbonyl (C=O) groups is 1. The summed E-state index contributed by atoms with van der Waals surface area (Å²) < 4.78 is 5.78. The standard InChI is InChI=1S/C17H15NO3S.ClH/c19-17(20)13-5-3-12(4-6-13)16-8-7-14(21-16)10-18-11-15-2-1-9-22-15;/h1-9,18H,10-11H2,(H,19,20);1H. The van der Waals surface area contributed by atoms with Gasteiger partial charge in [-0.25, -0.2) is 4.79 Å². The van der Waals surface area contributed by atoms with Crippen LogP contribution in [0.15, 0.2) is 58.3 Å². The summed E-state index contributed by atoms with van der Waals surface area (Å²) in [6.45, 7) is 1.48. The maximum Gasteiger partial charge on any atom is 0.335 e. The van der Waals surface area contributed by atoms with E-state index in [4.69, 9.17) is 9.52 Å². The smallest absolute Gasteiger partial charge is 0.335 e. The summed E-state index contributed by atoms with van der Waals surface area (Å²) in [5, 5.41) is 14.3. The van der Waals surface area contributed by atoms with E-state index < -0.39 is 5.97 Å². The molecular formula is C17H16ClNO3S. The van der Waals surface area contributed by atoms with Crippen LogP contribution < -0.4 is 5.32 Å². The minimum absolute atomic E-state index is 0. The average Bonchev–Trinajstić information content (AvgIpc) is 3.19. The van der Waals surface area contributed by atoms with Crippen LogP contribution in [-0.2, 0) is 13.1 Å². The molecule has 6 heteroatoms. The highest BCUT2D eigenvalue weighted by molar-refractivity contribution is 7.09. The number of halogens is 1. The molecule has 3 rings (SSSR count). The first-order valence-corrected chi connectivity index (χ1v) is 7.76. The van der Waals surface area contributed by atoms with Gasteiger partial charge in [-0.1, -0.05) is 18.2 Å². The second kappa shape index (κ2) is 7.97. The SMILES string of the molecule is Cl.O=C(O)c1ccc(-c2ccc(CNCc3cccs3)o2)cc1. The molecule has 0 amide bonds. The normalized spacial score (nSPS) is 10.3. The van der Waals surface area contributed by atoms with Crippen LogP contribution in [-0.4, -0.2) is 11.1 Å². The summed E-state index contributed by atoms with van der Waals surface area (Å²) in [6, 6.07) is 14.6. The fraction of sp³-hybridized carbons (Fsp3) is 0.118. The predicted octanol–water partition coefficient (Wildman–Crippen LogP) is 4.42. The number of hydrogen-bond acceptors (Lipinski definition) is 4. The average molecular weight is 350 g/mol. The fourth-order valence-corrected chi connectivity index (χ4v) is 2.80. The van der Waals surface area contributed by atoms with Crippen LogP contribution in [0.2, 0.25) is 0 Å². The van der Waals surface area contributed by atoms with Crippen molar-refractivity contribution in [2.24, 2.45) is 0 Å². The number of aromatic carboxylic acids is 1. The van der Waals surface area contributed by atoms with Crippen LogP contribution in [0.4, 0.5) is 0 Å². The summed E-state index contributed by atoms with van der Waals surface area (Å²) in [5.74, 6) is 0.670. The van der Waals surface area contributed by atoms with Crippen molar-refractivity contribution in [1.29, 1.82) is 0 Å². The van der Waals surface area contributed by atoms with Crippen molar-refractivity contribution in [2.45, 2.75) is 13.1 Å². The molecule has 120 valence electrons. The van der Waals surface area contributed by atoms with Crippen LogP contribution in [0.3, 0.4) is 0 Å². The van der Waals surface area contributed by atoms with Gasteiger partial charge in [-0.15, -0.1) is 23.7 Å². The number of carboxylic acids is 1. The molecule has 0 saturated carbocycles. The van der Waals surface area contributed by atoms with Gasteiger partial charge in [0.2, 0.25) is 0 Å². The minimum Gasteiger partial charge on any atom is -0.478 e. The van der Waals surface area contributed by atoms with E-state index in [1.165, 1.54) is 4.88 Å². The maximum absolute atomic E-state index is 10.8. The molecule has 0 unspecified atom stereocenters. The Hall–Kier alpha value is -2.08. The zero-order valence-corrected chi connectivity index (χ0v) is 13.8. The third-order valence-electron chi connectivity index (χ3n) is 3.26. The molecule has 0 aliphatic heterocycles. The Morgan fingerprint density at radius 1 is 1.09 bits per heavy atom. The van der Waals surface area contributed by atoms with Gasteiger partial charge in [-0.2, -0.15) is 0 Å². The number of hydrogen-bond donors (Lipinski definition) is 2. The Bertz CT molecular complexity index is 751. The molecule has 2 aromatic heterocycles. The zero-order valence-electron chi connectivity index (χ0n) is 12.2. The Kier molecular flexibility index (Phi) is 5.98. The van der Waals surface area contributed by atoms with E-state index in [1.807, 2.05) is 18.2 Å². The Morgan fingerprint density at radius 2 is 1.87 bits per heavy atom. The minimum atomic E-state index is -0.926. The van der Waals surface area contributed by atoms with E-state index in [0.717, 1.165) is 23.6 Å². The highest BCUT2D eigenvalue weighted by Gasteiger charge is 2.07. The first-order chi connectivity index (χ1) is 10.7. The lowest BCUT2D eigenvalue weighted by atomic mass is 10.1. The van der Waals surface area contributed by atoms with Crippen LogP contribution in [0.1, 0.15) is 21.0 Å². The topological polar surface area (TPSA) is 62.5 Å². The molecule has 0 spiro atoms. The number of furan rings is 1. The molecule has 23 heavy (non-hydrogen) atoms. The third-order valence-corrected chi connectivity index (χ3v) is 4.13. The van der Waals surface area contributed by atoms with Crippen LogP contribution in [0.25, 0.3) is 11.3 Å². The van der Waals surface area contributed by atoms with E-state index in [0.29, 0.717) is 6.54 Å². The highest BCUT2D eigenvalue weighted by Crippen LogP contribution is 2.22. The summed E-state index contributed by atoms with van der Waals surface area (Å²) in [5.41, 5.74) is 1.14. The zero-order chi connectivity index (χ0) is 15.4. The lowest BCUT2D eigenvalue weighted by Gasteiger charge is -2.01. The first-order valence-electron chi connectivity index (χ1n) is 6.88. The van der Waals surface area contributed by atoms with Gasteiger partial charge in [0.25, 0.3) is 0 Å². The van der Waals surface area contributed by atoms with Crippen LogP contribution in [0.5, 0.6) is 0 Å². The number of carboxylic acid groups (broad SMARTS) is 1. The van der Waals surface area contributed by atoms with E-state index in [-0.39, 0.29) is 18.0 Å². The largest absolute Gasteiger partial charge is 0.478 e. The number of rotatable bonds is 6. The van der Waals surface area contributed by atoms with Crippen molar-refractivity contribution in [3.63, 3.8) is 0 Å².